The van der Waals surface area contributed by atoms with Crippen LogP contribution in [0.2, 0.25) is 0 Å². The van der Waals surface area contributed by atoms with Gasteiger partial charge < -0.3 is 11.1 Å². The zero-order chi connectivity index (χ0) is 25.4. The molecule has 0 saturated carbocycles. The van der Waals surface area contributed by atoms with Crippen LogP contribution in [0.1, 0.15) is 26.8 Å². The third kappa shape index (κ3) is 4.46. The molecule has 0 unspecified atom stereocenters. The van der Waals surface area contributed by atoms with Crippen molar-refractivity contribution in [3.8, 4) is 22.4 Å². The molecule has 0 saturated heterocycles. The van der Waals surface area contributed by atoms with E-state index in [9.17, 15) is 4.79 Å². The van der Waals surface area contributed by atoms with Gasteiger partial charge in [-0.2, -0.15) is 5.10 Å². The Balaban J connectivity index is 1.39. The summed E-state index contributed by atoms with van der Waals surface area (Å²) in [6, 6.07) is 22.2. The summed E-state index contributed by atoms with van der Waals surface area (Å²) in [5.41, 5.74) is 10.7. The minimum absolute atomic E-state index is 0.278. The zero-order valence-electron chi connectivity index (χ0n) is 20.2. The predicted molar refractivity (Wildman–Crippen MR) is 144 cm³/mol. The number of hydrogen-bond donors (Lipinski definition) is 2. The van der Waals surface area contributed by atoms with Crippen molar-refractivity contribution in [2.24, 2.45) is 0 Å². The fraction of sp³-hybridized carbons (Fsp3) is 0.107. The Hall–Kier alpha value is -4.47. The van der Waals surface area contributed by atoms with E-state index < -0.39 is 0 Å². The van der Waals surface area contributed by atoms with E-state index in [1.165, 1.54) is 11.3 Å². The average molecular weight is 507 g/mol. The third-order valence-corrected chi connectivity index (χ3v) is 7.02. The fourth-order valence-electron chi connectivity index (χ4n) is 4.35. The molecule has 0 aliphatic rings. The smallest absolute Gasteiger partial charge is 0.270 e. The van der Waals surface area contributed by atoms with E-state index in [4.69, 9.17) is 4.98 Å². The molecular weight excluding hydrogens is 482 g/mol. The van der Waals surface area contributed by atoms with Crippen molar-refractivity contribution in [1.29, 1.82) is 0 Å². The van der Waals surface area contributed by atoms with Gasteiger partial charge in [-0.15, -0.1) is 0 Å². The summed E-state index contributed by atoms with van der Waals surface area (Å²) in [7, 11) is 0. The summed E-state index contributed by atoms with van der Waals surface area (Å²) in [6.07, 6.45) is 3.46. The maximum atomic E-state index is 13.3. The van der Waals surface area contributed by atoms with Crippen molar-refractivity contribution in [3.63, 3.8) is 0 Å². The Bertz CT molecular complexity index is 1710. The van der Waals surface area contributed by atoms with Gasteiger partial charge in [0, 0.05) is 28.3 Å². The Labute approximate surface area is 216 Å². The second-order valence-corrected chi connectivity index (χ2v) is 9.85. The minimum Gasteiger partial charge on any atom is -0.354 e. The summed E-state index contributed by atoms with van der Waals surface area (Å²) in [4.78, 5) is 28.0. The largest absolute Gasteiger partial charge is 0.354 e. The highest BCUT2D eigenvalue weighted by atomic mass is 32.1. The van der Waals surface area contributed by atoms with Gasteiger partial charge in [-0.05, 0) is 24.6 Å². The first-order chi connectivity index (χ1) is 18.1. The number of aromatic nitrogens is 5. The van der Waals surface area contributed by atoms with Crippen LogP contribution in [-0.4, -0.2) is 30.5 Å². The fourth-order valence-corrected chi connectivity index (χ4v) is 5.09. The van der Waals surface area contributed by atoms with E-state index >= 15 is 0 Å². The van der Waals surface area contributed by atoms with Gasteiger partial charge in [-0.1, -0.05) is 65.9 Å². The van der Waals surface area contributed by atoms with E-state index in [0.717, 1.165) is 50.2 Å². The first-order valence-electron chi connectivity index (χ1n) is 11.9. The van der Waals surface area contributed by atoms with E-state index in [0.29, 0.717) is 16.6 Å². The van der Waals surface area contributed by atoms with Gasteiger partial charge >= 0.3 is 0 Å². The van der Waals surface area contributed by atoms with Gasteiger partial charge in [0.15, 0.2) is 0 Å². The molecule has 4 aromatic heterocycles. The van der Waals surface area contributed by atoms with E-state index in [2.05, 4.69) is 50.4 Å². The molecule has 0 aliphatic carbocycles. The second kappa shape index (κ2) is 9.53. The highest BCUT2D eigenvalue weighted by Crippen LogP contribution is 2.34. The Morgan fingerprint density at radius 3 is 2.59 bits per heavy atom. The van der Waals surface area contributed by atoms with E-state index in [1.54, 1.807) is 10.7 Å². The molecule has 1 amide bonds. The number of nitrogens with one attached hydrogen (secondary N) is 1. The number of nitrogens with zero attached hydrogens (tertiary/aromatic N) is 5. The number of aryl methyl sites for hydroxylation is 1. The number of rotatable bonds is 6. The highest BCUT2D eigenvalue weighted by molar-refractivity contribution is 7.16. The summed E-state index contributed by atoms with van der Waals surface area (Å²) < 4.78 is 1.73. The second-order valence-electron chi connectivity index (χ2n) is 8.69. The Morgan fingerprint density at radius 2 is 1.84 bits per heavy atom. The molecule has 0 radical (unpaired) electrons. The lowest BCUT2D eigenvalue weighted by Gasteiger charge is -2.13. The summed E-state index contributed by atoms with van der Waals surface area (Å²) in [5, 5.41) is 8.97. The van der Waals surface area contributed by atoms with Crippen molar-refractivity contribution < 1.29 is 10.5 Å². The average Bonchev–Trinajstić information content (AvgIpc) is 3.48. The molecule has 0 atom stereocenters. The van der Waals surface area contributed by atoms with Crippen LogP contribution in [0.25, 0.3) is 38.2 Å². The molecule has 0 spiro atoms. The van der Waals surface area contributed by atoms with E-state index in [1.807, 2.05) is 55.6 Å². The topological polar surface area (TPSA) is 113 Å². The van der Waals surface area contributed by atoms with Crippen LogP contribution < -0.4 is 11.1 Å². The molecule has 6 aromatic rings. The maximum absolute atomic E-state index is 13.3. The van der Waals surface area contributed by atoms with Gasteiger partial charge in [-0.25, -0.2) is 14.5 Å². The molecule has 0 fully saturated rings. The van der Waals surface area contributed by atoms with Gasteiger partial charge in [-0.3, -0.25) is 9.78 Å². The number of carbonyl (C=O) groups excluding carboxylic acids is 1. The number of benzene rings is 2. The lowest BCUT2D eigenvalue weighted by Crippen LogP contribution is -2.47. The Morgan fingerprint density at radius 1 is 1.03 bits per heavy atom. The molecule has 4 heterocycles. The van der Waals surface area contributed by atoms with Crippen LogP contribution in [0.5, 0.6) is 0 Å². The number of quaternary nitrogens is 1. The van der Waals surface area contributed by atoms with Crippen LogP contribution >= 0.6 is 11.3 Å². The number of amides is 1. The van der Waals surface area contributed by atoms with Crippen LogP contribution in [0.4, 0.5) is 0 Å². The molecule has 182 valence electrons. The number of fused-ring (bicyclic) bond motifs is 2. The van der Waals surface area contributed by atoms with Crippen molar-refractivity contribution in [2.45, 2.75) is 20.0 Å². The first kappa shape index (κ1) is 23.0. The zero-order valence-corrected chi connectivity index (χ0v) is 21.0. The molecule has 0 bridgehead atoms. The van der Waals surface area contributed by atoms with Gasteiger partial charge in [0.2, 0.25) is 4.96 Å². The Kier molecular flexibility index (Phi) is 5.91. The lowest BCUT2D eigenvalue weighted by atomic mass is 9.96. The SMILES string of the molecule is Cc1nn2cc(CNC(=O)c3nccc4nc(-c5ccc(C[NH3+])cc5)c(-c5ccccc5)cc34)nc2s1. The number of carbonyl (C=O) groups is 1. The monoisotopic (exact) mass is 506 g/mol. The molecule has 4 N–H and O–H groups in total. The highest BCUT2D eigenvalue weighted by Gasteiger charge is 2.18. The molecule has 2 aromatic carbocycles. The molecule has 37 heavy (non-hydrogen) atoms. The summed E-state index contributed by atoms with van der Waals surface area (Å²) in [5.74, 6) is -0.278. The van der Waals surface area contributed by atoms with Crippen molar-refractivity contribution in [1.82, 2.24) is 29.9 Å². The summed E-state index contributed by atoms with van der Waals surface area (Å²) in [6.45, 7) is 2.95. The number of imidazole rings is 1. The van der Waals surface area contributed by atoms with Crippen LogP contribution in [0.15, 0.2) is 79.1 Å². The molecule has 0 aliphatic heterocycles. The number of pyridine rings is 2. The van der Waals surface area contributed by atoms with Gasteiger partial charge in [0.05, 0.1) is 36.2 Å². The van der Waals surface area contributed by atoms with E-state index in [-0.39, 0.29) is 12.5 Å². The minimum atomic E-state index is -0.278. The van der Waals surface area contributed by atoms with Crippen molar-refractivity contribution in [2.75, 3.05) is 0 Å². The lowest BCUT2D eigenvalue weighted by molar-refractivity contribution is -0.386. The quantitative estimate of drug-likeness (QED) is 0.354. The van der Waals surface area contributed by atoms with Crippen molar-refractivity contribution in [3.05, 3.63) is 101 Å². The maximum Gasteiger partial charge on any atom is 0.270 e. The third-order valence-electron chi connectivity index (χ3n) is 6.18. The van der Waals surface area contributed by atoms with Crippen LogP contribution in [0.3, 0.4) is 0 Å². The van der Waals surface area contributed by atoms with Gasteiger partial charge in [0.25, 0.3) is 5.91 Å². The first-order valence-corrected chi connectivity index (χ1v) is 12.7. The normalized spacial score (nSPS) is 11.3. The number of hydrogen-bond acceptors (Lipinski definition) is 6. The predicted octanol–water partition coefficient (Wildman–Crippen LogP) is 4.05. The van der Waals surface area contributed by atoms with Crippen molar-refractivity contribution >= 4 is 33.1 Å². The molecular formula is C28H24N7OS+. The molecule has 9 heteroatoms. The van der Waals surface area contributed by atoms with Crippen LogP contribution in [0, 0.1) is 6.92 Å². The standard InChI is InChI=1S/C28H23N7OS/c1-17-34-35-16-21(32-28(35)37-17)15-31-27(36)26-23-13-22(19-5-3-2-4-6-19)25(33-24(23)11-12-30-26)20-9-7-18(14-29)8-10-20/h2-13,16H,14-15,29H2,1H3,(H,31,36)/p+1. The van der Waals surface area contributed by atoms with Gasteiger partial charge in [0.1, 0.15) is 10.7 Å². The summed E-state index contributed by atoms with van der Waals surface area (Å²) >= 11 is 1.51. The molecule has 6 rings (SSSR count). The van der Waals surface area contributed by atoms with Crippen LogP contribution in [-0.2, 0) is 13.1 Å². The molecule has 8 nitrogen and oxygen atoms in total.